The average Bonchev–Trinajstić information content (AvgIpc) is 2.59. The summed E-state index contributed by atoms with van der Waals surface area (Å²) in [5.74, 6) is -0.200. The van der Waals surface area contributed by atoms with Crippen LogP contribution in [0.15, 0.2) is 43.0 Å². The number of amides is 2. The van der Waals surface area contributed by atoms with Crippen molar-refractivity contribution in [2.75, 3.05) is 26.2 Å². The van der Waals surface area contributed by atoms with Crippen molar-refractivity contribution in [3.63, 3.8) is 0 Å². The minimum Gasteiger partial charge on any atom is -0.384 e. The van der Waals surface area contributed by atoms with E-state index in [0.29, 0.717) is 32.6 Å². The number of allylic oxidation sites excluding steroid dienone is 1. The number of rotatable bonds is 5. The summed E-state index contributed by atoms with van der Waals surface area (Å²) < 4.78 is 0. The molecule has 0 aromatic heterocycles. The lowest BCUT2D eigenvalue weighted by atomic mass is 9.95. The zero-order valence-electron chi connectivity index (χ0n) is 13.5. The number of piperazine rings is 1. The molecule has 1 aromatic carbocycles. The largest absolute Gasteiger partial charge is 0.384 e. The molecule has 5 nitrogen and oxygen atoms in total. The van der Waals surface area contributed by atoms with Gasteiger partial charge in [-0.05, 0) is 12.5 Å². The van der Waals surface area contributed by atoms with Crippen LogP contribution in [0.5, 0.6) is 0 Å². The van der Waals surface area contributed by atoms with E-state index in [1.165, 1.54) is 6.92 Å². The maximum Gasteiger partial charge on any atom is 0.251 e. The molecule has 0 saturated carbocycles. The highest BCUT2D eigenvalue weighted by Gasteiger charge is 2.26. The number of hydrogen-bond donors (Lipinski definition) is 1. The molecule has 1 saturated heterocycles. The Morgan fingerprint density at radius 1 is 1.17 bits per heavy atom. The Morgan fingerprint density at radius 3 is 2.26 bits per heavy atom. The van der Waals surface area contributed by atoms with Gasteiger partial charge in [-0.25, -0.2) is 0 Å². The summed E-state index contributed by atoms with van der Waals surface area (Å²) in [6.45, 7) is 7.27. The van der Waals surface area contributed by atoms with E-state index in [2.05, 4.69) is 6.58 Å². The van der Waals surface area contributed by atoms with Crippen LogP contribution in [0.1, 0.15) is 24.8 Å². The lowest BCUT2D eigenvalue weighted by Gasteiger charge is -2.35. The van der Waals surface area contributed by atoms with Crippen LogP contribution in [0.25, 0.3) is 0 Å². The molecule has 2 atom stereocenters. The summed E-state index contributed by atoms with van der Waals surface area (Å²) in [7, 11) is 0. The second kappa shape index (κ2) is 7.92. The molecule has 2 amide bonds. The summed E-state index contributed by atoms with van der Waals surface area (Å²) in [5.41, 5.74) is 1.08. The molecule has 1 heterocycles. The standard InChI is InChI=1S/C18H24N2O3/c1-3-15(16-7-5-4-6-8-16)13-17(22)19-9-11-20(12-10-19)18(23)14(2)21/h3-8,14-15,21H,1,9-13H2,2H3. The fourth-order valence-electron chi connectivity index (χ4n) is 2.80. The maximum absolute atomic E-state index is 12.5. The Labute approximate surface area is 137 Å². The average molecular weight is 316 g/mol. The molecule has 0 radical (unpaired) electrons. The molecule has 23 heavy (non-hydrogen) atoms. The summed E-state index contributed by atoms with van der Waals surface area (Å²) in [4.78, 5) is 27.6. The number of aliphatic hydroxyl groups is 1. The SMILES string of the molecule is C=CC(CC(=O)N1CCN(C(=O)C(C)O)CC1)c1ccccc1. The molecule has 1 aliphatic heterocycles. The van der Waals surface area contributed by atoms with E-state index in [1.54, 1.807) is 15.9 Å². The molecular weight excluding hydrogens is 292 g/mol. The Balaban J connectivity index is 1.90. The lowest BCUT2D eigenvalue weighted by Crippen LogP contribution is -2.52. The Kier molecular flexibility index (Phi) is 5.93. The zero-order valence-corrected chi connectivity index (χ0v) is 13.5. The molecule has 1 N–H and O–H groups in total. The molecule has 1 fully saturated rings. The van der Waals surface area contributed by atoms with Gasteiger partial charge in [-0.2, -0.15) is 0 Å². The van der Waals surface area contributed by atoms with E-state index < -0.39 is 6.10 Å². The topological polar surface area (TPSA) is 60.9 Å². The van der Waals surface area contributed by atoms with Crippen LogP contribution in [0.3, 0.4) is 0 Å². The highest BCUT2D eigenvalue weighted by Crippen LogP contribution is 2.22. The van der Waals surface area contributed by atoms with Crippen LogP contribution in [0.2, 0.25) is 0 Å². The van der Waals surface area contributed by atoms with Gasteiger partial charge in [0.05, 0.1) is 0 Å². The molecular formula is C18H24N2O3. The van der Waals surface area contributed by atoms with Crippen molar-refractivity contribution in [3.05, 3.63) is 48.6 Å². The fourth-order valence-corrected chi connectivity index (χ4v) is 2.80. The Morgan fingerprint density at radius 2 is 1.74 bits per heavy atom. The van der Waals surface area contributed by atoms with E-state index in [-0.39, 0.29) is 17.7 Å². The van der Waals surface area contributed by atoms with Gasteiger partial charge in [-0.3, -0.25) is 9.59 Å². The van der Waals surface area contributed by atoms with Crippen LogP contribution >= 0.6 is 0 Å². The Bertz CT molecular complexity index is 549. The third-order valence-electron chi connectivity index (χ3n) is 4.21. The minimum absolute atomic E-state index is 0.000764. The quantitative estimate of drug-likeness (QED) is 0.835. The van der Waals surface area contributed by atoms with E-state index >= 15 is 0 Å². The predicted octanol–water partition coefficient (Wildman–Crippen LogP) is 1.40. The van der Waals surface area contributed by atoms with Crippen molar-refractivity contribution in [2.45, 2.75) is 25.4 Å². The number of benzene rings is 1. The van der Waals surface area contributed by atoms with Gasteiger partial charge in [0.15, 0.2) is 0 Å². The summed E-state index contributed by atoms with van der Waals surface area (Å²) in [6.07, 6.45) is 1.21. The minimum atomic E-state index is -0.986. The number of carbonyl (C=O) groups excluding carboxylic acids is 2. The number of aliphatic hydroxyl groups excluding tert-OH is 1. The smallest absolute Gasteiger partial charge is 0.251 e. The predicted molar refractivity (Wildman–Crippen MR) is 88.8 cm³/mol. The normalized spacial score (nSPS) is 17.5. The van der Waals surface area contributed by atoms with Crippen LogP contribution in [-0.2, 0) is 9.59 Å². The van der Waals surface area contributed by atoms with Gasteiger partial charge in [-0.15, -0.1) is 6.58 Å². The first-order valence-corrected chi connectivity index (χ1v) is 7.95. The van der Waals surface area contributed by atoms with Crippen LogP contribution in [-0.4, -0.2) is 59.0 Å². The zero-order chi connectivity index (χ0) is 16.8. The molecule has 1 aromatic rings. The third-order valence-corrected chi connectivity index (χ3v) is 4.21. The molecule has 2 unspecified atom stereocenters. The fraction of sp³-hybridized carbons (Fsp3) is 0.444. The van der Waals surface area contributed by atoms with E-state index in [4.69, 9.17) is 0 Å². The van der Waals surface area contributed by atoms with Gasteiger partial charge in [0.1, 0.15) is 6.10 Å². The van der Waals surface area contributed by atoms with E-state index in [9.17, 15) is 14.7 Å². The molecule has 5 heteroatoms. The van der Waals surface area contributed by atoms with Crippen molar-refractivity contribution < 1.29 is 14.7 Å². The number of hydrogen-bond acceptors (Lipinski definition) is 3. The van der Waals surface area contributed by atoms with Crippen molar-refractivity contribution in [1.82, 2.24) is 9.80 Å². The van der Waals surface area contributed by atoms with Gasteiger partial charge in [-0.1, -0.05) is 36.4 Å². The monoisotopic (exact) mass is 316 g/mol. The number of carbonyl (C=O) groups is 2. The second-order valence-electron chi connectivity index (χ2n) is 5.84. The van der Waals surface area contributed by atoms with Gasteiger partial charge in [0, 0.05) is 38.5 Å². The summed E-state index contributed by atoms with van der Waals surface area (Å²) in [5, 5.41) is 9.34. The molecule has 1 aliphatic rings. The lowest BCUT2D eigenvalue weighted by molar-refractivity contribution is -0.144. The first kappa shape index (κ1) is 17.2. The van der Waals surface area contributed by atoms with Gasteiger partial charge in [0.2, 0.25) is 5.91 Å². The third kappa shape index (κ3) is 4.42. The van der Waals surface area contributed by atoms with Crippen LogP contribution in [0, 0.1) is 0 Å². The van der Waals surface area contributed by atoms with E-state index in [0.717, 1.165) is 5.56 Å². The molecule has 0 spiro atoms. The van der Waals surface area contributed by atoms with Crippen LogP contribution in [0.4, 0.5) is 0 Å². The Hall–Kier alpha value is -2.14. The van der Waals surface area contributed by atoms with Crippen molar-refractivity contribution in [1.29, 1.82) is 0 Å². The molecule has 0 bridgehead atoms. The second-order valence-corrected chi connectivity index (χ2v) is 5.84. The first-order chi connectivity index (χ1) is 11.0. The van der Waals surface area contributed by atoms with Gasteiger partial charge < -0.3 is 14.9 Å². The highest BCUT2D eigenvalue weighted by molar-refractivity contribution is 5.81. The van der Waals surface area contributed by atoms with Gasteiger partial charge in [0.25, 0.3) is 5.91 Å². The molecule has 0 aliphatic carbocycles. The van der Waals surface area contributed by atoms with Crippen molar-refractivity contribution in [2.24, 2.45) is 0 Å². The first-order valence-electron chi connectivity index (χ1n) is 7.95. The summed E-state index contributed by atoms with van der Waals surface area (Å²) >= 11 is 0. The van der Waals surface area contributed by atoms with Crippen molar-refractivity contribution >= 4 is 11.8 Å². The van der Waals surface area contributed by atoms with Gasteiger partial charge >= 0.3 is 0 Å². The highest BCUT2D eigenvalue weighted by atomic mass is 16.3. The van der Waals surface area contributed by atoms with E-state index in [1.807, 2.05) is 30.3 Å². The molecule has 124 valence electrons. The van der Waals surface area contributed by atoms with Crippen LogP contribution < -0.4 is 0 Å². The van der Waals surface area contributed by atoms with Crippen molar-refractivity contribution in [3.8, 4) is 0 Å². The number of nitrogens with zero attached hydrogens (tertiary/aromatic N) is 2. The maximum atomic E-state index is 12.5. The summed E-state index contributed by atoms with van der Waals surface area (Å²) in [6, 6.07) is 9.86. The molecule has 2 rings (SSSR count).